The Hall–Kier alpha value is -0.150. The smallest absolute Gasteiger partial charge is 0.113 e. The number of alkyl halides is 1. The second kappa shape index (κ2) is 3.07. The van der Waals surface area contributed by atoms with Crippen LogP contribution >= 0.6 is 0 Å². The van der Waals surface area contributed by atoms with E-state index in [1.165, 1.54) is 0 Å². The molecule has 3 heteroatoms. The molecule has 2 aliphatic rings. The molecule has 2 atom stereocenters. The average molecular weight is 158 g/mol. The SMILES string of the molecule is FC1CCC(C2CNC2)NC1. The van der Waals surface area contributed by atoms with Crippen LogP contribution in [0.2, 0.25) is 0 Å². The molecule has 0 amide bonds. The molecule has 64 valence electrons. The zero-order chi connectivity index (χ0) is 7.68. The topological polar surface area (TPSA) is 24.1 Å². The van der Waals surface area contributed by atoms with Gasteiger partial charge in [-0.3, -0.25) is 0 Å². The number of rotatable bonds is 1. The Labute approximate surface area is 66.5 Å². The fourth-order valence-electron chi connectivity index (χ4n) is 1.84. The molecule has 2 aliphatic heterocycles. The Kier molecular flexibility index (Phi) is 2.09. The maximum absolute atomic E-state index is 12.7. The Morgan fingerprint density at radius 2 is 1.91 bits per heavy atom. The fourth-order valence-corrected chi connectivity index (χ4v) is 1.84. The Morgan fingerprint density at radius 1 is 1.09 bits per heavy atom. The molecule has 2 N–H and O–H groups in total. The van der Waals surface area contributed by atoms with Crippen molar-refractivity contribution in [2.45, 2.75) is 25.1 Å². The van der Waals surface area contributed by atoms with Crippen LogP contribution < -0.4 is 10.6 Å². The molecule has 2 saturated heterocycles. The van der Waals surface area contributed by atoms with Crippen LogP contribution in [0.1, 0.15) is 12.8 Å². The van der Waals surface area contributed by atoms with Crippen molar-refractivity contribution in [3.63, 3.8) is 0 Å². The van der Waals surface area contributed by atoms with Gasteiger partial charge >= 0.3 is 0 Å². The quantitative estimate of drug-likeness (QED) is 0.573. The normalized spacial score (nSPS) is 40.1. The lowest BCUT2D eigenvalue weighted by Gasteiger charge is -2.38. The maximum atomic E-state index is 12.7. The molecule has 0 aromatic carbocycles. The molecule has 0 bridgehead atoms. The van der Waals surface area contributed by atoms with Gasteiger partial charge in [-0.1, -0.05) is 0 Å². The molecule has 2 fully saturated rings. The summed E-state index contributed by atoms with van der Waals surface area (Å²) in [6.07, 6.45) is 1.18. The number of halogens is 1. The van der Waals surface area contributed by atoms with Gasteiger partial charge in [0.2, 0.25) is 0 Å². The molecule has 0 aromatic rings. The first-order valence-electron chi connectivity index (χ1n) is 4.44. The highest BCUT2D eigenvalue weighted by Crippen LogP contribution is 2.19. The standard InChI is InChI=1S/C8H15FN2/c9-7-1-2-8(11-5-7)6-3-10-4-6/h6-8,10-11H,1-5H2. The summed E-state index contributed by atoms with van der Waals surface area (Å²) in [7, 11) is 0. The highest BCUT2D eigenvalue weighted by atomic mass is 19.1. The lowest BCUT2D eigenvalue weighted by Crippen LogP contribution is -2.56. The summed E-state index contributed by atoms with van der Waals surface area (Å²) in [5.41, 5.74) is 0. The maximum Gasteiger partial charge on any atom is 0.113 e. The van der Waals surface area contributed by atoms with Gasteiger partial charge in [0.25, 0.3) is 0 Å². The van der Waals surface area contributed by atoms with Gasteiger partial charge in [-0.2, -0.15) is 0 Å². The molecule has 2 nitrogen and oxygen atoms in total. The van der Waals surface area contributed by atoms with Crippen LogP contribution in [0, 0.1) is 5.92 Å². The van der Waals surface area contributed by atoms with Crippen LogP contribution in [-0.4, -0.2) is 31.8 Å². The van der Waals surface area contributed by atoms with Crippen LogP contribution in [-0.2, 0) is 0 Å². The van der Waals surface area contributed by atoms with Crippen LogP contribution in [0.3, 0.4) is 0 Å². The number of hydrogen-bond donors (Lipinski definition) is 2. The van der Waals surface area contributed by atoms with Crippen LogP contribution in [0.4, 0.5) is 4.39 Å². The minimum atomic E-state index is -0.598. The van der Waals surface area contributed by atoms with Crippen molar-refractivity contribution in [1.82, 2.24) is 10.6 Å². The van der Waals surface area contributed by atoms with Gasteiger partial charge in [-0.05, 0) is 18.8 Å². The first-order chi connectivity index (χ1) is 5.36. The number of piperidine rings is 1. The minimum absolute atomic E-state index is 0.571. The van der Waals surface area contributed by atoms with E-state index in [9.17, 15) is 4.39 Å². The zero-order valence-corrected chi connectivity index (χ0v) is 6.65. The van der Waals surface area contributed by atoms with E-state index in [0.717, 1.165) is 31.8 Å². The van der Waals surface area contributed by atoms with Gasteiger partial charge in [-0.15, -0.1) is 0 Å². The minimum Gasteiger partial charge on any atom is -0.316 e. The van der Waals surface area contributed by atoms with Crippen molar-refractivity contribution in [2.75, 3.05) is 19.6 Å². The lowest BCUT2D eigenvalue weighted by atomic mass is 9.88. The van der Waals surface area contributed by atoms with E-state index in [4.69, 9.17) is 0 Å². The highest BCUT2D eigenvalue weighted by Gasteiger charge is 2.30. The third-order valence-corrected chi connectivity index (χ3v) is 2.77. The first-order valence-corrected chi connectivity index (χ1v) is 4.44. The van der Waals surface area contributed by atoms with E-state index >= 15 is 0 Å². The van der Waals surface area contributed by atoms with Gasteiger partial charge in [0.1, 0.15) is 6.17 Å². The van der Waals surface area contributed by atoms with Crippen LogP contribution in [0.5, 0.6) is 0 Å². The molecule has 0 spiro atoms. The summed E-state index contributed by atoms with van der Waals surface area (Å²) in [6, 6.07) is 0.586. The molecule has 0 aromatic heterocycles. The summed E-state index contributed by atoms with van der Waals surface area (Å²) in [5.74, 6) is 0.766. The van der Waals surface area contributed by atoms with Gasteiger partial charge in [0.05, 0.1) is 0 Å². The summed E-state index contributed by atoms with van der Waals surface area (Å²) >= 11 is 0. The van der Waals surface area contributed by atoms with E-state index in [0.29, 0.717) is 12.6 Å². The predicted molar refractivity (Wildman–Crippen MR) is 42.3 cm³/mol. The average Bonchev–Trinajstić information content (AvgIpc) is 1.90. The van der Waals surface area contributed by atoms with Crippen LogP contribution in [0.25, 0.3) is 0 Å². The summed E-state index contributed by atoms with van der Waals surface area (Å²) < 4.78 is 12.7. The number of hydrogen-bond acceptors (Lipinski definition) is 2. The van der Waals surface area contributed by atoms with Gasteiger partial charge in [0.15, 0.2) is 0 Å². The fraction of sp³-hybridized carbons (Fsp3) is 1.00. The number of nitrogens with one attached hydrogen (secondary N) is 2. The lowest BCUT2D eigenvalue weighted by molar-refractivity contribution is 0.168. The molecule has 0 radical (unpaired) electrons. The van der Waals surface area contributed by atoms with Crippen molar-refractivity contribution < 1.29 is 4.39 Å². The monoisotopic (exact) mass is 158 g/mol. The van der Waals surface area contributed by atoms with Crippen molar-refractivity contribution in [2.24, 2.45) is 5.92 Å². The first kappa shape index (κ1) is 7.50. The Balaban J connectivity index is 1.77. The van der Waals surface area contributed by atoms with E-state index in [2.05, 4.69) is 10.6 Å². The van der Waals surface area contributed by atoms with E-state index < -0.39 is 6.17 Å². The Morgan fingerprint density at radius 3 is 2.36 bits per heavy atom. The van der Waals surface area contributed by atoms with Crippen molar-refractivity contribution in [3.05, 3.63) is 0 Å². The van der Waals surface area contributed by atoms with Gasteiger partial charge < -0.3 is 10.6 Å². The summed E-state index contributed by atoms with van der Waals surface area (Å²) in [6.45, 7) is 2.81. The molecule has 2 unspecified atom stereocenters. The van der Waals surface area contributed by atoms with Crippen molar-refractivity contribution in [3.8, 4) is 0 Å². The van der Waals surface area contributed by atoms with Crippen LogP contribution in [0.15, 0.2) is 0 Å². The predicted octanol–water partition coefficient (Wildman–Crippen LogP) is 0.296. The molecule has 2 heterocycles. The Bertz CT molecular complexity index is 128. The van der Waals surface area contributed by atoms with E-state index in [1.54, 1.807) is 0 Å². The third kappa shape index (κ3) is 1.54. The van der Waals surface area contributed by atoms with Crippen molar-refractivity contribution in [1.29, 1.82) is 0 Å². The molecule has 11 heavy (non-hydrogen) atoms. The van der Waals surface area contributed by atoms with E-state index in [1.807, 2.05) is 0 Å². The summed E-state index contributed by atoms with van der Waals surface area (Å²) in [4.78, 5) is 0. The molecular formula is C8H15FN2. The largest absolute Gasteiger partial charge is 0.316 e. The van der Waals surface area contributed by atoms with Crippen molar-refractivity contribution >= 4 is 0 Å². The highest BCUT2D eigenvalue weighted by molar-refractivity contribution is 4.89. The molecular weight excluding hydrogens is 143 g/mol. The molecule has 0 aliphatic carbocycles. The second-order valence-electron chi connectivity index (χ2n) is 3.61. The molecule has 0 saturated carbocycles. The van der Waals surface area contributed by atoms with E-state index in [-0.39, 0.29) is 0 Å². The second-order valence-corrected chi connectivity index (χ2v) is 3.61. The molecule has 2 rings (SSSR count). The van der Waals surface area contributed by atoms with Gasteiger partial charge in [0, 0.05) is 25.7 Å². The van der Waals surface area contributed by atoms with Gasteiger partial charge in [-0.25, -0.2) is 4.39 Å². The zero-order valence-electron chi connectivity index (χ0n) is 6.65. The summed E-state index contributed by atoms with van der Waals surface area (Å²) in [5, 5.41) is 6.49. The third-order valence-electron chi connectivity index (χ3n) is 2.77.